The minimum atomic E-state index is -0.423. The van der Waals surface area contributed by atoms with Gasteiger partial charge in [0.15, 0.2) is 11.5 Å². The van der Waals surface area contributed by atoms with Crippen molar-refractivity contribution in [3.05, 3.63) is 60.6 Å². The van der Waals surface area contributed by atoms with Crippen LogP contribution in [-0.2, 0) is 4.74 Å². The number of rotatable bonds is 3. The smallest absolute Gasteiger partial charge is 0.337 e. The first-order valence-electron chi connectivity index (χ1n) is 7.24. The fourth-order valence-electron chi connectivity index (χ4n) is 2.47. The maximum Gasteiger partial charge on any atom is 0.337 e. The van der Waals surface area contributed by atoms with Crippen LogP contribution in [0, 0.1) is 0 Å². The molecule has 6 nitrogen and oxygen atoms in total. The molecule has 0 unspecified atom stereocenters. The van der Waals surface area contributed by atoms with E-state index in [4.69, 9.17) is 13.6 Å². The van der Waals surface area contributed by atoms with Crippen molar-refractivity contribution in [3.63, 3.8) is 0 Å². The summed E-state index contributed by atoms with van der Waals surface area (Å²) in [6.07, 6.45) is 3.14. The Hall–Kier alpha value is -3.41. The summed E-state index contributed by atoms with van der Waals surface area (Å²) in [5, 5.41) is 0. The predicted octanol–water partition coefficient (Wildman–Crippen LogP) is 3.94. The number of methoxy groups -OCH3 is 1. The van der Waals surface area contributed by atoms with Gasteiger partial charge >= 0.3 is 5.97 Å². The highest BCUT2D eigenvalue weighted by Crippen LogP contribution is 2.31. The summed E-state index contributed by atoms with van der Waals surface area (Å²) in [7, 11) is 1.34. The molecular weight excluding hydrogens is 308 g/mol. The summed E-state index contributed by atoms with van der Waals surface area (Å²) in [6, 6.07) is 12.2. The van der Waals surface area contributed by atoms with Gasteiger partial charge in [-0.3, -0.25) is 0 Å². The van der Waals surface area contributed by atoms with Gasteiger partial charge in [0, 0.05) is 0 Å². The molecule has 0 spiro atoms. The summed E-state index contributed by atoms with van der Waals surface area (Å²) in [6.45, 7) is 0. The van der Waals surface area contributed by atoms with E-state index < -0.39 is 5.97 Å². The molecule has 118 valence electrons. The number of hydrogen-bond donors (Lipinski definition) is 0. The Balaban J connectivity index is 1.97. The van der Waals surface area contributed by atoms with Crippen LogP contribution in [0.3, 0.4) is 0 Å². The van der Waals surface area contributed by atoms with Crippen LogP contribution in [0.5, 0.6) is 0 Å². The molecule has 0 saturated heterocycles. The van der Waals surface area contributed by atoms with Crippen LogP contribution >= 0.6 is 0 Å². The van der Waals surface area contributed by atoms with Crippen molar-refractivity contribution in [2.24, 2.45) is 0 Å². The second-order valence-corrected chi connectivity index (χ2v) is 5.07. The van der Waals surface area contributed by atoms with E-state index in [-0.39, 0.29) is 0 Å². The third-order valence-corrected chi connectivity index (χ3v) is 3.59. The van der Waals surface area contributed by atoms with Crippen LogP contribution < -0.4 is 0 Å². The topological polar surface area (TPSA) is 78.4 Å². The minimum absolute atomic E-state index is 0.412. The van der Waals surface area contributed by atoms with E-state index in [1.165, 1.54) is 7.11 Å². The first-order valence-corrected chi connectivity index (χ1v) is 7.24. The third-order valence-electron chi connectivity index (χ3n) is 3.59. The average Bonchev–Trinajstić information content (AvgIpc) is 3.32. The molecule has 0 aliphatic carbocycles. The molecule has 0 aliphatic heterocycles. The SMILES string of the molecule is COC(=O)c1ccc2nc(-c3ccco3)c(-c3ccco3)nc2c1. The summed E-state index contributed by atoms with van der Waals surface area (Å²) in [5.74, 6) is 0.737. The van der Waals surface area contributed by atoms with Gasteiger partial charge in [0.1, 0.15) is 11.4 Å². The lowest BCUT2D eigenvalue weighted by Gasteiger charge is -2.07. The van der Waals surface area contributed by atoms with Crippen molar-refractivity contribution < 1.29 is 18.4 Å². The van der Waals surface area contributed by atoms with E-state index in [9.17, 15) is 4.79 Å². The van der Waals surface area contributed by atoms with Gasteiger partial charge in [0.2, 0.25) is 0 Å². The fourth-order valence-corrected chi connectivity index (χ4v) is 2.47. The highest BCUT2D eigenvalue weighted by atomic mass is 16.5. The Bertz CT molecular complexity index is 1010. The number of fused-ring (bicyclic) bond motifs is 1. The molecule has 3 aromatic heterocycles. The Kier molecular flexibility index (Phi) is 3.35. The summed E-state index contributed by atoms with van der Waals surface area (Å²) in [4.78, 5) is 21.0. The lowest BCUT2D eigenvalue weighted by atomic mass is 10.1. The monoisotopic (exact) mass is 320 g/mol. The van der Waals surface area contributed by atoms with Gasteiger partial charge < -0.3 is 13.6 Å². The number of carbonyl (C=O) groups excluding carboxylic acids is 1. The van der Waals surface area contributed by atoms with Crippen LogP contribution in [0.2, 0.25) is 0 Å². The van der Waals surface area contributed by atoms with Crippen LogP contribution in [0.1, 0.15) is 10.4 Å². The van der Waals surface area contributed by atoms with Gasteiger partial charge in [0.05, 0.1) is 36.2 Å². The zero-order valence-corrected chi connectivity index (χ0v) is 12.7. The fraction of sp³-hybridized carbons (Fsp3) is 0.0556. The van der Waals surface area contributed by atoms with Crippen molar-refractivity contribution in [1.29, 1.82) is 0 Å². The maximum atomic E-state index is 11.7. The molecule has 4 rings (SSSR count). The molecule has 6 heteroatoms. The highest BCUT2D eigenvalue weighted by Gasteiger charge is 2.18. The van der Waals surface area contributed by atoms with Crippen molar-refractivity contribution in [1.82, 2.24) is 9.97 Å². The van der Waals surface area contributed by atoms with Crippen molar-refractivity contribution in [3.8, 4) is 22.9 Å². The van der Waals surface area contributed by atoms with Gasteiger partial charge in [0.25, 0.3) is 0 Å². The lowest BCUT2D eigenvalue weighted by Crippen LogP contribution is -2.02. The van der Waals surface area contributed by atoms with E-state index >= 15 is 0 Å². The molecule has 0 N–H and O–H groups in total. The zero-order chi connectivity index (χ0) is 16.5. The van der Waals surface area contributed by atoms with E-state index in [1.54, 1.807) is 48.9 Å². The number of benzene rings is 1. The molecule has 0 radical (unpaired) electrons. The van der Waals surface area contributed by atoms with Crippen molar-refractivity contribution in [2.75, 3.05) is 7.11 Å². The predicted molar refractivity (Wildman–Crippen MR) is 86.3 cm³/mol. The van der Waals surface area contributed by atoms with Gasteiger partial charge in [-0.15, -0.1) is 0 Å². The van der Waals surface area contributed by atoms with E-state index in [1.807, 2.05) is 6.07 Å². The molecule has 24 heavy (non-hydrogen) atoms. The number of hydrogen-bond acceptors (Lipinski definition) is 6. The highest BCUT2D eigenvalue weighted by molar-refractivity contribution is 5.94. The van der Waals surface area contributed by atoms with Crippen LogP contribution in [0.15, 0.2) is 63.8 Å². The number of carbonyl (C=O) groups is 1. The van der Waals surface area contributed by atoms with Gasteiger partial charge in [-0.05, 0) is 42.5 Å². The second-order valence-electron chi connectivity index (χ2n) is 5.07. The number of esters is 1. The number of nitrogens with zero attached hydrogens (tertiary/aromatic N) is 2. The van der Waals surface area contributed by atoms with Gasteiger partial charge in [-0.1, -0.05) is 0 Å². The molecule has 4 aromatic rings. The zero-order valence-electron chi connectivity index (χ0n) is 12.7. The molecule has 0 bridgehead atoms. The van der Waals surface area contributed by atoms with Crippen LogP contribution in [0.25, 0.3) is 33.9 Å². The van der Waals surface area contributed by atoms with E-state index in [2.05, 4.69) is 9.97 Å². The molecular formula is C18H12N2O4. The molecule has 3 heterocycles. The van der Waals surface area contributed by atoms with Crippen LogP contribution in [0.4, 0.5) is 0 Å². The van der Waals surface area contributed by atoms with E-state index in [0.29, 0.717) is 39.5 Å². The molecule has 0 atom stereocenters. The summed E-state index contributed by atoms with van der Waals surface area (Å²) >= 11 is 0. The Labute approximate surface area is 136 Å². The van der Waals surface area contributed by atoms with Crippen molar-refractivity contribution in [2.45, 2.75) is 0 Å². The quantitative estimate of drug-likeness (QED) is 0.532. The molecule has 0 fully saturated rings. The third kappa shape index (κ3) is 2.34. The second kappa shape index (κ2) is 5.66. The Morgan fingerprint density at radius 1 is 0.917 bits per heavy atom. The molecule has 0 aliphatic rings. The number of furan rings is 2. The Morgan fingerprint density at radius 3 is 2.08 bits per heavy atom. The summed E-state index contributed by atoms with van der Waals surface area (Å²) in [5.41, 5.74) is 2.75. The first-order chi connectivity index (χ1) is 11.8. The van der Waals surface area contributed by atoms with Gasteiger partial charge in [-0.25, -0.2) is 14.8 Å². The summed E-state index contributed by atoms with van der Waals surface area (Å²) < 4.78 is 15.7. The Morgan fingerprint density at radius 2 is 1.54 bits per heavy atom. The van der Waals surface area contributed by atoms with E-state index in [0.717, 1.165) is 0 Å². The largest absolute Gasteiger partial charge is 0.465 e. The molecule has 0 saturated carbocycles. The van der Waals surface area contributed by atoms with Crippen molar-refractivity contribution >= 4 is 17.0 Å². The average molecular weight is 320 g/mol. The molecule has 1 aromatic carbocycles. The van der Waals surface area contributed by atoms with Crippen LogP contribution in [-0.4, -0.2) is 23.0 Å². The maximum absolute atomic E-state index is 11.7. The normalized spacial score (nSPS) is 10.9. The first kappa shape index (κ1) is 14.2. The standard InChI is InChI=1S/C18H12N2O4/c1-22-18(21)11-6-7-12-13(10-11)20-17(15-5-3-9-24-15)16(19-12)14-4-2-8-23-14/h2-10H,1H3. The minimum Gasteiger partial charge on any atom is -0.465 e. The number of ether oxygens (including phenoxy) is 1. The molecule has 0 amide bonds. The number of aromatic nitrogens is 2. The van der Waals surface area contributed by atoms with Gasteiger partial charge in [-0.2, -0.15) is 0 Å². The lowest BCUT2D eigenvalue weighted by molar-refractivity contribution is 0.0601.